The molecule has 0 bridgehead atoms. The minimum absolute atomic E-state index is 0.0277. The number of hydrogen-bond donors (Lipinski definition) is 0. The van der Waals surface area contributed by atoms with Gasteiger partial charge in [0.2, 0.25) is 5.28 Å². The van der Waals surface area contributed by atoms with Gasteiger partial charge in [0.05, 0.1) is 12.3 Å². The predicted molar refractivity (Wildman–Crippen MR) is 66.1 cm³/mol. The van der Waals surface area contributed by atoms with Gasteiger partial charge in [-0.3, -0.25) is 0 Å². The van der Waals surface area contributed by atoms with Crippen molar-refractivity contribution >= 4 is 11.6 Å². The smallest absolute Gasteiger partial charge is 0.223 e. The van der Waals surface area contributed by atoms with Crippen LogP contribution in [0.25, 0.3) is 11.3 Å². The Bertz CT molecular complexity index is 587. The third kappa shape index (κ3) is 2.43. The summed E-state index contributed by atoms with van der Waals surface area (Å²) < 4.78 is 19.3. The Labute approximate surface area is 109 Å². The summed E-state index contributed by atoms with van der Waals surface area (Å²) in [7, 11) is 0. The molecule has 0 spiro atoms. The van der Waals surface area contributed by atoms with Gasteiger partial charge in [-0.1, -0.05) is 12.1 Å². The van der Waals surface area contributed by atoms with Crippen molar-refractivity contribution in [2.45, 2.75) is 18.9 Å². The van der Waals surface area contributed by atoms with Crippen molar-refractivity contribution in [2.75, 3.05) is 0 Å². The standard InChI is InChI=1S/C13H10ClFN2O/c14-13-16-7-11(15)12(17-13)8-2-1-3-10(6-8)18-9-4-5-9/h1-3,6-7,9H,4-5H2. The number of ether oxygens (including phenoxy) is 1. The molecule has 1 aromatic carbocycles. The third-order valence-electron chi connectivity index (χ3n) is 2.65. The second-order valence-corrected chi connectivity index (χ2v) is 4.52. The van der Waals surface area contributed by atoms with Crippen molar-refractivity contribution in [1.82, 2.24) is 9.97 Å². The summed E-state index contributed by atoms with van der Waals surface area (Å²) in [6.07, 6.45) is 3.54. The summed E-state index contributed by atoms with van der Waals surface area (Å²) in [5, 5.41) is 0.0277. The zero-order chi connectivity index (χ0) is 12.5. The molecule has 3 rings (SSSR count). The van der Waals surface area contributed by atoms with Crippen LogP contribution in [-0.2, 0) is 0 Å². The third-order valence-corrected chi connectivity index (χ3v) is 2.83. The van der Waals surface area contributed by atoms with Crippen LogP contribution in [0.15, 0.2) is 30.5 Å². The lowest BCUT2D eigenvalue weighted by Crippen LogP contribution is -1.97. The Morgan fingerprint density at radius 2 is 2.17 bits per heavy atom. The Morgan fingerprint density at radius 1 is 1.33 bits per heavy atom. The molecule has 1 aliphatic rings. The molecule has 0 amide bonds. The summed E-state index contributed by atoms with van der Waals surface area (Å²) in [6, 6.07) is 7.19. The lowest BCUT2D eigenvalue weighted by Gasteiger charge is -2.07. The van der Waals surface area contributed by atoms with Crippen LogP contribution in [0.3, 0.4) is 0 Å². The van der Waals surface area contributed by atoms with Gasteiger partial charge in [0.25, 0.3) is 0 Å². The van der Waals surface area contributed by atoms with Crippen molar-refractivity contribution in [3.63, 3.8) is 0 Å². The maximum Gasteiger partial charge on any atom is 0.223 e. The molecule has 1 fully saturated rings. The zero-order valence-corrected chi connectivity index (χ0v) is 10.2. The van der Waals surface area contributed by atoms with Crippen LogP contribution in [0.4, 0.5) is 4.39 Å². The molecule has 3 nitrogen and oxygen atoms in total. The monoisotopic (exact) mass is 264 g/mol. The predicted octanol–water partition coefficient (Wildman–Crippen LogP) is 3.48. The summed E-state index contributed by atoms with van der Waals surface area (Å²) >= 11 is 5.68. The summed E-state index contributed by atoms with van der Waals surface area (Å²) in [6.45, 7) is 0. The first-order valence-corrected chi connectivity index (χ1v) is 6.05. The highest BCUT2D eigenvalue weighted by atomic mass is 35.5. The van der Waals surface area contributed by atoms with E-state index in [0.29, 0.717) is 11.7 Å². The lowest BCUT2D eigenvalue weighted by molar-refractivity contribution is 0.303. The van der Waals surface area contributed by atoms with E-state index >= 15 is 0 Å². The van der Waals surface area contributed by atoms with E-state index in [1.165, 1.54) is 0 Å². The van der Waals surface area contributed by atoms with E-state index in [0.717, 1.165) is 24.8 Å². The Morgan fingerprint density at radius 3 is 2.94 bits per heavy atom. The first kappa shape index (κ1) is 11.4. The molecular weight excluding hydrogens is 255 g/mol. The molecule has 92 valence electrons. The lowest BCUT2D eigenvalue weighted by atomic mass is 10.1. The molecule has 1 aromatic heterocycles. The van der Waals surface area contributed by atoms with Crippen molar-refractivity contribution in [3.05, 3.63) is 41.6 Å². The largest absolute Gasteiger partial charge is 0.490 e. The van der Waals surface area contributed by atoms with Gasteiger partial charge < -0.3 is 4.74 Å². The molecule has 0 atom stereocenters. The van der Waals surface area contributed by atoms with Gasteiger partial charge in [0.15, 0.2) is 5.82 Å². The molecular formula is C13H10ClFN2O. The van der Waals surface area contributed by atoms with E-state index in [-0.39, 0.29) is 11.0 Å². The minimum atomic E-state index is -0.497. The van der Waals surface area contributed by atoms with Crippen molar-refractivity contribution in [1.29, 1.82) is 0 Å². The van der Waals surface area contributed by atoms with Crippen molar-refractivity contribution < 1.29 is 9.13 Å². The molecule has 2 aromatic rings. The molecule has 5 heteroatoms. The number of rotatable bonds is 3. The van der Waals surface area contributed by atoms with Gasteiger partial charge in [0, 0.05) is 5.56 Å². The molecule has 1 aliphatic carbocycles. The minimum Gasteiger partial charge on any atom is -0.490 e. The van der Waals surface area contributed by atoms with Crippen LogP contribution in [0, 0.1) is 5.82 Å². The average molecular weight is 265 g/mol. The number of halogens is 2. The summed E-state index contributed by atoms with van der Waals surface area (Å²) in [4.78, 5) is 7.50. The average Bonchev–Trinajstić information content (AvgIpc) is 3.16. The van der Waals surface area contributed by atoms with E-state index in [1.54, 1.807) is 12.1 Å². The van der Waals surface area contributed by atoms with Crippen LogP contribution in [0.5, 0.6) is 5.75 Å². The van der Waals surface area contributed by atoms with Crippen LogP contribution in [-0.4, -0.2) is 16.1 Å². The number of nitrogens with zero attached hydrogens (tertiary/aromatic N) is 2. The van der Waals surface area contributed by atoms with E-state index in [4.69, 9.17) is 16.3 Å². The molecule has 0 N–H and O–H groups in total. The Balaban J connectivity index is 1.96. The van der Waals surface area contributed by atoms with Crippen molar-refractivity contribution in [2.24, 2.45) is 0 Å². The van der Waals surface area contributed by atoms with Gasteiger partial charge >= 0.3 is 0 Å². The van der Waals surface area contributed by atoms with Gasteiger partial charge in [-0.2, -0.15) is 0 Å². The fraction of sp³-hybridized carbons (Fsp3) is 0.231. The second kappa shape index (κ2) is 4.53. The number of benzene rings is 1. The quantitative estimate of drug-likeness (QED) is 0.796. The molecule has 1 heterocycles. The normalized spacial score (nSPS) is 14.6. The van der Waals surface area contributed by atoms with Gasteiger partial charge in [-0.25, -0.2) is 14.4 Å². The highest BCUT2D eigenvalue weighted by molar-refractivity contribution is 6.28. The second-order valence-electron chi connectivity index (χ2n) is 4.18. The van der Waals surface area contributed by atoms with Crippen LogP contribution in [0.2, 0.25) is 5.28 Å². The van der Waals surface area contributed by atoms with Gasteiger partial charge in [0.1, 0.15) is 11.4 Å². The summed E-state index contributed by atoms with van der Waals surface area (Å²) in [5.41, 5.74) is 0.825. The van der Waals surface area contributed by atoms with Crippen LogP contribution < -0.4 is 4.74 Å². The SMILES string of the molecule is Fc1cnc(Cl)nc1-c1cccc(OC2CC2)c1. The molecule has 0 aliphatic heterocycles. The maximum absolute atomic E-state index is 13.6. The van der Waals surface area contributed by atoms with E-state index in [9.17, 15) is 4.39 Å². The van der Waals surface area contributed by atoms with Crippen LogP contribution in [0.1, 0.15) is 12.8 Å². The van der Waals surface area contributed by atoms with E-state index < -0.39 is 5.82 Å². The first-order valence-electron chi connectivity index (χ1n) is 5.67. The topological polar surface area (TPSA) is 35.0 Å². The van der Waals surface area contributed by atoms with Crippen molar-refractivity contribution in [3.8, 4) is 17.0 Å². The Hall–Kier alpha value is -1.68. The maximum atomic E-state index is 13.6. The fourth-order valence-corrected chi connectivity index (χ4v) is 1.78. The highest BCUT2D eigenvalue weighted by Crippen LogP contribution is 2.30. The molecule has 1 saturated carbocycles. The van der Waals surface area contributed by atoms with Gasteiger partial charge in [-0.15, -0.1) is 0 Å². The molecule has 0 unspecified atom stereocenters. The molecule has 0 saturated heterocycles. The molecule has 0 radical (unpaired) electrons. The number of hydrogen-bond acceptors (Lipinski definition) is 3. The van der Waals surface area contributed by atoms with Crippen LogP contribution >= 0.6 is 11.6 Å². The first-order chi connectivity index (χ1) is 8.72. The fourth-order valence-electron chi connectivity index (χ4n) is 1.64. The molecule has 18 heavy (non-hydrogen) atoms. The highest BCUT2D eigenvalue weighted by Gasteiger charge is 2.23. The summed E-state index contributed by atoms with van der Waals surface area (Å²) in [5.74, 6) is 0.229. The van der Waals surface area contributed by atoms with E-state index in [2.05, 4.69) is 9.97 Å². The Kier molecular flexibility index (Phi) is 2.88. The zero-order valence-electron chi connectivity index (χ0n) is 9.44. The number of aromatic nitrogens is 2. The van der Waals surface area contributed by atoms with Gasteiger partial charge in [-0.05, 0) is 36.6 Å². The van der Waals surface area contributed by atoms with E-state index in [1.807, 2.05) is 12.1 Å².